The van der Waals surface area contributed by atoms with Crippen LogP contribution in [0.5, 0.6) is 5.75 Å². The van der Waals surface area contributed by atoms with Gasteiger partial charge >= 0.3 is 17.9 Å². The van der Waals surface area contributed by atoms with Gasteiger partial charge in [-0.1, -0.05) is 12.1 Å². The van der Waals surface area contributed by atoms with Crippen molar-refractivity contribution in [1.82, 2.24) is 0 Å². The molecule has 5 rings (SSSR count). The molecule has 0 amide bonds. The molecule has 200 valence electrons. The highest BCUT2D eigenvalue weighted by molar-refractivity contribution is 6.04. The molecule has 0 bridgehead atoms. The second kappa shape index (κ2) is 9.41. The van der Waals surface area contributed by atoms with Crippen molar-refractivity contribution in [2.24, 2.45) is 29.2 Å². The van der Waals surface area contributed by atoms with Crippen molar-refractivity contribution in [3.05, 3.63) is 65.8 Å². The average Bonchev–Trinajstić information content (AvgIpc) is 3.44. The van der Waals surface area contributed by atoms with E-state index in [0.717, 1.165) is 0 Å². The van der Waals surface area contributed by atoms with Crippen molar-refractivity contribution in [3.8, 4) is 5.75 Å². The Labute approximate surface area is 218 Å². The number of benzene rings is 1. The molecule has 6 atom stereocenters. The molecule has 2 fully saturated rings. The molecule has 1 aromatic carbocycles. The molecule has 2 aromatic rings. The summed E-state index contributed by atoms with van der Waals surface area (Å²) in [6, 6.07) is 7.98. The maximum absolute atomic E-state index is 14.0. The van der Waals surface area contributed by atoms with Crippen molar-refractivity contribution < 1.29 is 42.5 Å². The molecule has 0 unspecified atom stereocenters. The summed E-state index contributed by atoms with van der Waals surface area (Å²) in [5, 5.41) is 0. The van der Waals surface area contributed by atoms with Crippen LogP contribution in [0.3, 0.4) is 0 Å². The number of esters is 3. The number of allylic oxidation sites excluding steroid dienone is 1. The van der Waals surface area contributed by atoms with E-state index in [9.17, 15) is 19.2 Å². The van der Waals surface area contributed by atoms with Gasteiger partial charge in [0, 0.05) is 23.1 Å². The normalized spacial score (nSPS) is 32.3. The highest BCUT2D eigenvalue weighted by Crippen LogP contribution is 2.55. The summed E-state index contributed by atoms with van der Waals surface area (Å²) >= 11 is 0. The predicted octanol–water partition coefficient (Wildman–Crippen LogP) is 1.81. The van der Waals surface area contributed by atoms with E-state index < -0.39 is 64.4 Å². The van der Waals surface area contributed by atoms with Gasteiger partial charge in [0.1, 0.15) is 17.4 Å². The van der Waals surface area contributed by atoms with Gasteiger partial charge in [-0.15, -0.1) is 0 Å². The van der Waals surface area contributed by atoms with Crippen LogP contribution >= 0.6 is 0 Å². The highest BCUT2D eigenvalue weighted by Gasteiger charge is 2.67. The molecule has 11 nitrogen and oxygen atoms in total. The summed E-state index contributed by atoms with van der Waals surface area (Å²) in [6.45, 7) is 0. The molecule has 0 spiro atoms. The van der Waals surface area contributed by atoms with Crippen LogP contribution in [0.2, 0.25) is 0 Å². The second-order valence-corrected chi connectivity index (χ2v) is 9.92. The summed E-state index contributed by atoms with van der Waals surface area (Å²) in [4.78, 5) is 53.2. The number of carbonyl (C=O) groups excluding carboxylic acids is 4. The number of carbonyl (C=O) groups is 4. The van der Waals surface area contributed by atoms with Crippen LogP contribution < -0.4 is 16.2 Å². The molecule has 1 saturated heterocycles. The van der Waals surface area contributed by atoms with Gasteiger partial charge in [0.2, 0.25) is 5.78 Å². The number of Topliss-reactive ketones (excluding diaryl/α,β-unsaturated/α-hetero) is 1. The smallest absolute Gasteiger partial charge is 0.347 e. The fraction of sp³-hybridized carbons (Fsp3) is 0.407. The molecule has 1 aliphatic heterocycles. The zero-order valence-electron chi connectivity index (χ0n) is 20.9. The molecule has 2 aliphatic carbocycles. The molecular formula is C27H28N2O9. The van der Waals surface area contributed by atoms with Gasteiger partial charge < -0.3 is 34.8 Å². The first-order valence-corrected chi connectivity index (χ1v) is 12.1. The number of nitrogens with two attached hydrogens (primary N) is 2. The number of ketones is 1. The number of fused-ring (bicyclic) bond motifs is 3. The van der Waals surface area contributed by atoms with E-state index in [-0.39, 0.29) is 30.6 Å². The number of methoxy groups -OCH3 is 2. The van der Waals surface area contributed by atoms with Crippen molar-refractivity contribution in [2.75, 3.05) is 14.2 Å². The lowest BCUT2D eigenvalue weighted by atomic mass is 9.50. The standard InChI is InChI=1S/C27H28N2O9/c1-34-18-6-4-3-5-15(18)23(31)37-19-11-17(24(32)35-2)26(28)9-7-16-25(33)38-20(14-8-10-36-13-14)12-27(16,29)22(26)21(19)30/h3-6,8,10-11,13,16-17,20,22H,7,9,12,28-29H2,1-2H3/t16-,17-,20-,22-,26+,27+/m0/s1. The van der Waals surface area contributed by atoms with Gasteiger partial charge in [-0.3, -0.25) is 14.4 Å². The molecule has 38 heavy (non-hydrogen) atoms. The second-order valence-electron chi connectivity index (χ2n) is 9.92. The van der Waals surface area contributed by atoms with Gasteiger partial charge in [-0.05, 0) is 37.1 Å². The fourth-order valence-electron chi connectivity index (χ4n) is 6.16. The Morgan fingerprint density at radius 3 is 2.53 bits per heavy atom. The number of hydrogen-bond acceptors (Lipinski definition) is 11. The minimum absolute atomic E-state index is 0.0416. The first-order chi connectivity index (χ1) is 18.1. The third kappa shape index (κ3) is 3.89. The Morgan fingerprint density at radius 2 is 1.84 bits per heavy atom. The minimum atomic E-state index is -1.51. The number of furan rings is 1. The molecule has 3 aliphatic rings. The first kappa shape index (κ1) is 25.7. The number of para-hydroxylation sites is 1. The highest BCUT2D eigenvalue weighted by atomic mass is 16.6. The predicted molar refractivity (Wildman–Crippen MR) is 129 cm³/mol. The van der Waals surface area contributed by atoms with Crippen molar-refractivity contribution in [2.45, 2.75) is 36.4 Å². The third-order valence-electron chi connectivity index (χ3n) is 7.97. The molecule has 1 aromatic heterocycles. The van der Waals surface area contributed by atoms with Crippen LogP contribution in [-0.2, 0) is 28.6 Å². The summed E-state index contributed by atoms with van der Waals surface area (Å²) in [6.07, 6.45) is 3.65. The molecule has 2 heterocycles. The number of hydrogen-bond donors (Lipinski definition) is 2. The van der Waals surface area contributed by atoms with E-state index in [4.69, 9.17) is 34.8 Å². The Morgan fingerprint density at radius 1 is 1.08 bits per heavy atom. The van der Waals surface area contributed by atoms with E-state index in [2.05, 4.69) is 0 Å². The fourth-order valence-corrected chi connectivity index (χ4v) is 6.16. The molecule has 0 radical (unpaired) electrons. The minimum Gasteiger partial charge on any atom is -0.496 e. The summed E-state index contributed by atoms with van der Waals surface area (Å²) in [5.41, 5.74) is 11.5. The van der Waals surface area contributed by atoms with Gasteiger partial charge in [0.15, 0.2) is 5.76 Å². The quantitative estimate of drug-likeness (QED) is 0.432. The Balaban J connectivity index is 1.57. The zero-order chi connectivity index (χ0) is 27.2. The molecule has 4 N–H and O–H groups in total. The third-order valence-corrected chi connectivity index (χ3v) is 7.97. The van der Waals surface area contributed by atoms with E-state index in [1.807, 2.05) is 0 Å². The van der Waals surface area contributed by atoms with Crippen LogP contribution in [0.15, 0.2) is 59.1 Å². The lowest BCUT2D eigenvalue weighted by Gasteiger charge is -2.58. The monoisotopic (exact) mass is 524 g/mol. The van der Waals surface area contributed by atoms with Gasteiger partial charge in [0.25, 0.3) is 0 Å². The molecule has 1 saturated carbocycles. The zero-order valence-corrected chi connectivity index (χ0v) is 20.9. The Kier molecular flexibility index (Phi) is 6.36. The van der Waals surface area contributed by atoms with Gasteiger partial charge in [0.05, 0.1) is 44.5 Å². The van der Waals surface area contributed by atoms with Crippen molar-refractivity contribution in [1.29, 1.82) is 0 Å². The van der Waals surface area contributed by atoms with Gasteiger partial charge in [-0.25, -0.2) is 4.79 Å². The number of ether oxygens (including phenoxy) is 4. The van der Waals surface area contributed by atoms with Crippen LogP contribution in [0.4, 0.5) is 0 Å². The SMILES string of the molecule is COC(=O)[C@@H]1C=C(OC(=O)c2ccccc2OC)C(=O)[C@H]2[C@@]1(N)CC[C@H]1C(=O)O[C@H](c3ccoc3)C[C@]21N. The largest absolute Gasteiger partial charge is 0.496 e. The molecular weight excluding hydrogens is 496 g/mol. The molecule has 11 heteroatoms. The maximum atomic E-state index is 14.0. The Hall–Kier alpha value is -3.96. The van der Waals surface area contributed by atoms with Crippen LogP contribution in [0, 0.1) is 17.8 Å². The summed E-state index contributed by atoms with van der Waals surface area (Å²) in [5.74, 6) is -6.28. The average molecular weight is 525 g/mol. The van der Waals surface area contributed by atoms with Crippen molar-refractivity contribution >= 4 is 23.7 Å². The van der Waals surface area contributed by atoms with E-state index in [0.29, 0.717) is 5.56 Å². The van der Waals surface area contributed by atoms with Crippen molar-refractivity contribution in [3.63, 3.8) is 0 Å². The number of cyclic esters (lactones) is 1. The van der Waals surface area contributed by atoms with Crippen LogP contribution in [0.1, 0.15) is 41.3 Å². The number of rotatable bonds is 5. The first-order valence-electron chi connectivity index (χ1n) is 12.1. The van der Waals surface area contributed by atoms with E-state index >= 15 is 0 Å². The van der Waals surface area contributed by atoms with E-state index in [1.165, 1.54) is 38.9 Å². The topological polar surface area (TPSA) is 170 Å². The summed E-state index contributed by atoms with van der Waals surface area (Å²) in [7, 11) is 2.59. The van der Waals surface area contributed by atoms with E-state index in [1.54, 1.807) is 24.3 Å². The van der Waals surface area contributed by atoms with Crippen LogP contribution in [-0.4, -0.2) is 49.0 Å². The lowest BCUT2D eigenvalue weighted by molar-refractivity contribution is -0.179. The summed E-state index contributed by atoms with van der Waals surface area (Å²) < 4.78 is 26.6. The van der Waals surface area contributed by atoms with Gasteiger partial charge in [-0.2, -0.15) is 0 Å². The maximum Gasteiger partial charge on any atom is 0.347 e. The lowest BCUT2D eigenvalue weighted by Crippen LogP contribution is -2.76. The Bertz CT molecular complexity index is 1320. The van der Waals surface area contributed by atoms with Crippen LogP contribution in [0.25, 0.3) is 0 Å².